The van der Waals surface area contributed by atoms with Gasteiger partial charge >= 0.3 is 5.97 Å². The Morgan fingerprint density at radius 3 is 2.06 bits per heavy atom. The molecule has 0 aromatic rings. The van der Waals surface area contributed by atoms with Gasteiger partial charge in [-0.25, -0.2) is 4.79 Å². The van der Waals surface area contributed by atoms with Crippen molar-refractivity contribution in [2.45, 2.75) is 59.9 Å². The molecular weight excluding hydrogens is 230 g/mol. The first-order valence-corrected chi connectivity index (χ1v) is 6.54. The lowest BCUT2D eigenvalue weighted by atomic mass is 10.1. The topological polar surface area (TPSA) is 57.6 Å². The molecule has 0 saturated heterocycles. The molecule has 0 aliphatic heterocycles. The summed E-state index contributed by atoms with van der Waals surface area (Å²) in [5, 5.41) is 8.91. The van der Waals surface area contributed by atoms with Gasteiger partial charge in [-0.15, -0.1) is 0 Å². The van der Waals surface area contributed by atoms with E-state index in [2.05, 4.69) is 6.92 Å². The fourth-order valence-corrected chi connectivity index (χ4v) is 1.66. The van der Waals surface area contributed by atoms with E-state index in [4.69, 9.17) is 5.11 Å². The van der Waals surface area contributed by atoms with Crippen molar-refractivity contribution in [3.05, 3.63) is 11.1 Å². The van der Waals surface area contributed by atoms with Crippen molar-refractivity contribution < 1.29 is 14.7 Å². The van der Waals surface area contributed by atoms with Crippen molar-refractivity contribution in [1.29, 1.82) is 0 Å². The van der Waals surface area contributed by atoms with Gasteiger partial charge in [-0.3, -0.25) is 4.79 Å². The molecule has 0 aromatic carbocycles. The summed E-state index contributed by atoms with van der Waals surface area (Å²) in [5.41, 5.74) is 0.453. The summed E-state index contributed by atoms with van der Waals surface area (Å²) in [6, 6.07) is 0.0888. The van der Waals surface area contributed by atoms with E-state index in [-0.39, 0.29) is 17.5 Å². The molecule has 0 unspecified atom stereocenters. The van der Waals surface area contributed by atoms with Crippen LogP contribution in [-0.2, 0) is 9.59 Å². The Balaban J connectivity index is 4.87. The number of rotatable bonds is 7. The number of carbonyl (C=O) groups is 2. The molecule has 0 radical (unpaired) electrons. The van der Waals surface area contributed by atoms with E-state index >= 15 is 0 Å². The Morgan fingerprint density at radius 2 is 1.67 bits per heavy atom. The Kier molecular flexibility index (Phi) is 7.32. The zero-order chi connectivity index (χ0) is 14.3. The van der Waals surface area contributed by atoms with Gasteiger partial charge in [-0.1, -0.05) is 19.8 Å². The van der Waals surface area contributed by atoms with Crippen molar-refractivity contribution in [2.24, 2.45) is 0 Å². The third kappa shape index (κ3) is 4.90. The number of carboxylic acids is 1. The molecule has 0 saturated carbocycles. The Hall–Kier alpha value is -1.32. The Bertz CT molecular complexity index is 332. The first-order valence-electron chi connectivity index (χ1n) is 6.54. The Morgan fingerprint density at radius 1 is 1.11 bits per heavy atom. The molecule has 0 bridgehead atoms. The highest BCUT2D eigenvalue weighted by molar-refractivity contribution is 6.01. The van der Waals surface area contributed by atoms with E-state index in [1.54, 1.807) is 11.8 Å². The summed E-state index contributed by atoms with van der Waals surface area (Å²) in [5.74, 6) is -1.20. The molecule has 0 rings (SSSR count). The molecular formula is C14H25NO3. The van der Waals surface area contributed by atoms with Crippen molar-refractivity contribution in [3.63, 3.8) is 0 Å². The quantitative estimate of drug-likeness (QED) is 0.562. The number of carbonyl (C=O) groups excluding carboxylic acids is 1. The van der Waals surface area contributed by atoms with E-state index in [0.717, 1.165) is 19.3 Å². The monoisotopic (exact) mass is 255 g/mol. The van der Waals surface area contributed by atoms with Crippen LogP contribution in [0.25, 0.3) is 0 Å². The summed E-state index contributed by atoms with van der Waals surface area (Å²) in [7, 11) is 0. The number of unbranched alkanes of at least 4 members (excludes halogenated alkanes) is 2. The molecule has 18 heavy (non-hydrogen) atoms. The maximum atomic E-state index is 12.2. The van der Waals surface area contributed by atoms with Gasteiger partial charge in [-0.05, 0) is 34.1 Å². The summed E-state index contributed by atoms with van der Waals surface area (Å²) in [6.45, 7) is 9.76. The second-order valence-corrected chi connectivity index (χ2v) is 4.85. The number of hydrogen-bond acceptors (Lipinski definition) is 2. The highest BCUT2D eigenvalue weighted by atomic mass is 16.4. The number of hydrogen-bond donors (Lipinski definition) is 1. The minimum Gasteiger partial charge on any atom is -0.478 e. The van der Waals surface area contributed by atoms with E-state index < -0.39 is 5.97 Å². The van der Waals surface area contributed by atoms with Crippen molar-refractivity contribution >= 4 is 11.9 Å². The highest BCUT2D eigenvalue weighted by Crippen LogP contribution is 2.12. The predicted molar refractivity (Wildman–Crippen MR) is 72.4 cm³/mol. The number of nitrogens with zero attached hydrogens (tertiary/aromatic N) is 1. The molecule has 4 nitrogen and oxygen atoms in total. The lowest BCUT2D eigenvalue weighted by Crippen LogP contribution is -2.38. The maximum absolute atomic E-state index is 12.2. The normalized spacial score (nSPS) is 12.3. The van der Waals surface area contributed by atoms with Gasteiger partial charge in [0.2, 0.25) is 5.91 Å². The van der Waals surface area contributed by atoms with Gasteiger partial charge in [0.1, 0.15) is 0 Å². The molecule has 1 N–H and O–H groups in total. The van der Waals surface area contributed by atoms with Crippen LogP contribution in [0.5, 0.6) is 0 Å². The molecule has 0 heterocycles. The molecule has 0 fully saturated rings. The first-order chi connectivity index (χ1) is 8.32. The lowest BCUT2D eigenvalue weighted by molar-refractivity contribution is -0.134. The third-order valence-corrected chi connectivity index (χ3v) is 3.09. The van der Waals surface area contributed by atoms with Crippen molar-refractivity contribution in [1.82, 2.24) is 4.90 Å². The molecule has 0 aliphatic carbocycles. The molecule has 0 atom stereocenters. The molecule has 104 valence electrons. The number of amides is 1. The van der Waals surface area contributed by atoms with Crippen molar-refractivity contribution in [3.8, 4) is 0 Å². The van der Waals surface area contributed by atoms with Crippen LogP contribution >= 0.6 is 0 Å². The first kappa shape index (κ1) is 16.7. The van der Waals surface area contributed by atoms with Gasteiger partial charge in [0, 0.05) is 23.7 Å². The number of aliphatic carboxylic acids is 1. The molecule has 0 spiro atoms. The van der Waals surface area contributed by atoms with Gasteiger partial charge in [-0.2, -0.15) is 0 Å². The second-order valence-electron chi connectivity index (χ2n) is 4.85. The van der Waals surface area contributed by atoms with Crippen LogP contribution in [0.4, 0.5) is 0 Å². The SMILES string of the molecule is CCCCCN(C(=O)C(C)=C(C)C(=O)O)C(C)C. The average molecular weight is 255 g/mol. The smallest absolute Gasteiger partial charge is 0.331 e. The fourth-order valence-electron chi connectivity index (χ4n) is 1.66. The minimum absolute atomic E-state index is 0.0888. The van der Waals surface area contributed by atoms with Crippen LogP contribution in [0.15, 0.2) is 11.1 Å². The van der Waals surface area contributed by atoms with E-state index in [9.17, 15) is 9.59 Å². The summed E-state index contributed by atoms with van der Waals surface area (Å²) >= 11 is 0. The Labute approximate surface area is 110 Å². The van der Waals surface area contributed by atoms with Gasteiger partial charge < -0.3 is 10.0 Å². The van der Waals surface area contributed by atoms with Gasteiger partial charge in [0.05, 0.1) is 0 Å². The molecule has 0 aliphatic rings. The van der Waals surface area contributed by atoms with E-state index in [1.165, 1.54) is 6.92 Å². The second kappa shape index (κ2) is 7.90. The van der Waals surface area contributed by atoms with Crippen LogP contribution in [0.3, 0.4) is 0 Å². The zero-order valence-corrected chi connectivity index (χ0v) is 12.1. The summed E-state index contributed by atoms with van der Waals surface area (Å²) < 4.78 is 0. The van der Waals surface area contributed by atoms with E-state index in [1.807, 2.05) is 13.8 Å². The van der Waals surface area contributed by atoms with Crippen LogP contribution in [0.1, 0.15) is 53.9 Å². The molecule has 1 amide bonds. The van der Waals surface area contributed by atoms with Gasteiger partial charge in [0.15, 0.2) is 0 Å². The lowest BCUT2D eigenvalue weighted by Gasteiger charge is -2.27. The summed E-state index contributed by atoms with van der Waals surface area (Å²) in [4.78, 5) is 24.8. The van der Waals surface area contributed by atoms with Crippen LogP contribution in [0, 0.1) is 0 Å². The largest absolute Gasteiger partial charge is 0.478 e. The summed E-state index contributed by atoms with van der Waals surface area (Å²) in [6.07, 6.45) is 3.14. The molecule has 4 heteroatoms. The third-order valence-electron chi connectivity index (χ3n) is 3.09. The van der Waals surface area contributed by atoms with Crippen LogP contribution in [0.2, 0.25) is 0 Å². The van der Waals surface area contributed by atoms with E-state index in [0.29, 0.717) is 12.1 Å². The average Bonchev–Trinajstić information content (AvgIpc) is 2.31. The predicted octanol–water partition coefficient (Wildman–Crippen LogP) is 2.83. The standard InChI is InChI=1S/C14H25NO3/c1-6-7-8-9-15(10(2)3)13(16)11(4)12(5)14(17)18/h10H,6-9H2,1-5H3,(H,17,18). The number of carboxylic acid groups (broad SMARTS) is 1. The van der Waals surface area contributed by atoms with Crippen LogP contribution < -0.4 is 0 Å². The molecule has 0 aromatic heterocycles. The van der Waals surface area contributed by atoms with Gasteiger partial charge in [0.25, 0.3) is 0 Å². The maximum Gasteiger partial charge on any atom is 0.331 e. The van der Waals surface area contributed by atoms with Crippen molar-refractivity contribution in [2.75, 3.05) is 6.54 Å². The highest BCUT2D eigenvalue weighted by Gasteiger charge is 2.21. The zero-order valence-electron chi connectivity index (χ0n) is 12.1. The minimum atomic E-state index is -1.03. The van der Waals surface area contributed by atoms with Crippen LogP contribution in [-0.4, -0.2) is 34.5 Å². The fraction of sp³-hybridized carbons (Fsp3) is 0.714.